The van der Waals surface area contributed by atoms with Gasteiger partial charge in [0.1, 0.15) is 11.8 Å². The fourth-order valence-corrected chi connectivity index (χ4v) is 2.18. The average molecular weight is 308 g/mol. The summed E-state index contributed by atoms with van der Waals surface area (Å²) < 4.78 is 5.47. The Kier molecular flexibility index (Phi) is 5.76. The van der Waals surface area contributed by atoms with E-state index >= 15 is 0 Å². The molecule has 0 radical (unpaired) electrons. The first-order valence-electron chi connectivity index (χ1n) is 7.57. The monoisotopic (exact) mass is 308 g/mol. The number of aryl methyl sites for hydroxylation is 1. The molecule has 0 aliphatic carbocycles. The van der Waals surface area contributed by atoms with Crippen LogP contribution < -0.4 is 4.74 Å². The molecule has 118 valence electrons. The van der Waals surface area contributed by atoms with E-state index in [1.807, 2.05) is 18.2 Å². The van der Waals surface area contributed by atoms with E-state index in [4.69, 9.17) is 10.00 Å². The van der Waals surface area contributed by atoms with Gasteiger partial charge in [-0.1, -0.05) is 43.3 Å². The molecular formula is C19H20N2O2. The van der Waals surface area contributed by atoms with Gasteiger partial charge >= 0.3 is 0 Å². The van der Waals surface area contributed by atoms with Crippen LogP contribution in [0.15, 0.2) is 48.5 Å². The van der Waals surface area contributed by atoms with Crippen molar-refractivity contribution in [3.8, 4) is 11.8 Å². The highest BCUT2D eigenvalue weighted by Gasteiger charge is 2.11. The number of hydrogen-bond acceptors (Lipinski definition) is 3. The van der Waals surface area contributed by atoms with Gasteiger partial charge in [0.25, 0.3) is 5.91 Å². The highest BCUT2D eigenvalue weighted by Crippen LogP contribution is 2.16. The number of likely N-dealkylation sites (N-methyl/N-ethyl adjacent to an activating group) is 1. The molecule has 0 aliphatic heterocycles. The smallest absolute Gasteiger partial charge is 0.260 e. The van der Waals surface area contributed by atoms with Crippen LogP contribution in [0.3, 0.4) is 0 Å². The number of carbonyl (C=O) groups is 1. The third kappa shape index (κ3) is 4.58. The lowest BCUT2D eigenvalue weighted by Gasteiger charge is -2.18. The van der Waals surface area contributed by atoms with Crippen molar-refractivity contribution >= 4 is 5.91 Å². The van der Waals surface area contributed by atoms with Crippen molar-refractivity contribution in [1.82, 2.24) is 4.90 Å². The summed E-state index contributed by atoms with van der Waals surface area (Å²) in [6.07, 6.45) is 1.00. The van der Waals surface area contributed by atoms with Crippen LogP contribution >= 0.6 is 0 Å². The number of carbonyl (C=O) groups excluding carboxylic acids is 1. The van der Waals surface area contributed by atoms with Gasteiger partial charge in [0.2, 0.25) is 0 Å². The van der Waals surface area contributed by atoms with E-state index in [9.17, 15) is 4.79 Å². The minimum Gasteiger partial charge on any atom is -0.482 e. The van der Waals surface area contributed by atoms with Crippen LogP contribution in [-0.4, -0.2) is 24.5 Å². The predicted octanol–water partition coefficient (Wildman–Crippen LogP) is 3.16. The van der Waals surface area contributed by atoms with Gasteiger partial charge in [0.05, 0.1) is 5.56 Å². The molecule has 2 aromatic carbocycles. The Morgan fingerprint density at radius 1 is 1.13 bits per heavy atom. The fraction of sp³-hybridized carbons (Fsp3) is 0.263. The van der Waals surface area contributed by atoms with Crippen molar-refractivity contribution < 1.29 is 9.53 Å². The quantitative estimate of drug-likeness (QED) is 0.823. The third-order valence-electron chi connectivity index (χ3n) is 3.64. The molecule has 0 saturated carbocycles. The van der Waals surface area contributed by atoms with E-state index in [-0.39, 0.29) is 12.5 Å². The summed E-state index contributed by atoms with van der Waals surface area (Å²) in [7, 11) is 1.75. The number of hydrogen-bond donors (Lipinski definition) is 0. The Labute approximate surface area is 136 Å². The Bertz CT molecular complexity index is 702. The molecule has 2 aromatic rings. The van der Waals surface area contributed by atoms with Crippen LogP contribution in [0.2, 0.25) is 0 Å². The average Bonchev–Trinajstić information content (AvgIpc) is 2.60. The summed E-state index contributed by atoms with van der Waals surface area (Å²) in [5.74, 6) is 0.307. The van der Waals surface area contributed by atoms with Crippen molar-refractivity contribution in [2.75, 3.05) is 13.7 Å². The lowest BCUT2D eigenvalue weighted by molar-refractivity contribution is -0.132. The first kappa shape index (κ1) is 16.6. The molecule has 0 fully saturated rings. The second-order valence-corrected chi connectivity index (χ2v) is 5.32. The number of ether oxygens (including phenoxy) is 1. The number of rotatable bonds is 6. The maximum atomic E-state index is 12.2. The van der Waals surface area contributed by atoms with Gasteiger partial charge < -0.3 is 9.64 Å². The Morgan fingerprint density at radius 2 is 1.78 bits per heavy atom. The van der Waals surface area contributed by atoms with Crippen molar-refractivity contribution in [3.05, 3.63) is 65.2 Å². The molecule has 0 aromatic heterocycles. The SMILES string of the molecule is CCc1ccc(CN(C)C(=O)COc2ccccc2C#N)cc1. The number of nitrogens with zero attached hydrogens (tertiary/aromatic N) is 2. The van der Waals surface area contributed by atoms with Gasteiger partial charge in [-0.2, -0.15) is 5.26 Å². The largest absolute Gasteiger partial charge is 0.482 e. The molecule has 0 heterocycles. The van der Waals surface area contributed by atoms with Crippen LogP contribution in [0.4, 0.5) is 0 Å². The van der Waals surface area contributed by atoms with E-state index < -0.39 is 0 Å². The Hall–Kier alpha value is -2.80. The van der Waals surface area contributed by atoms with E-state index in [1.54, 1.807) is 36.2 Å². The van der Waals surface area contributed by atoms with Gasteiger partial charge in [-0.15, -0.1) is 0 Å². The van der Waals surface area contributed by atoms with E-state index in [1.165, 1.54) is 5.56 Å². The maximum Gasteiger partial charge on any atom is 0.260 e. The molecule has 0 aliphatic rings. The molecule has 0 saturated heterocycles. The van der Waals surface area contributed by atoms with Crippen molar-refractivity contribution in [2.24, 2.45) is 0 Å². The minimum atomic E-state index is -0.127. The third-order valence-corrected chi connectivity index (χ3v) is 3.64. The van der Waals surface area contributed by atoms with Gasteiger partial charge in [-0.05, 0) is 29.7 Å². The summed E-state index contributed by atoms with van der Waals surface area (Å²) in [6.45, 7) is 2.56. The van der Waals surface area contributed by atoms with Crippen LogP contribution in [-0.2, 0) is 17.8 Å². The molecule has 4 nitrogen and oxygen atoms in total. The standard InChI is InChI=1S/C19H20N2O2/c1-3-15-8-10-16(11-9-15)13-21(2)19(22)14-23-18-7-5-4-6-17(18)12-20/h4-11H,3,13-14H2,1-2H3. The van der Waals surface area contributed by atoms with Crippen molar-refractivity contribution in [1.29, 1.82) is 5.26 Å². The second kappa shape index (κ2) is 8.00. The lowest BCUT2D eigenvalue weighted by atomic mass is 10.1. The van der Waals surface area contributed by atoms with E-state index in [0.29, 0.717) is 17.9 Å². The summed E-state index contributed by atoms with van der Waals surface area (Å²) in [4.78, 5) is 13.8. The zero-order chi connectivity index (χ0) is 16.7. The summed E-state index contributed by atoms with van der Waals surface area (Å²) in [5.41, 5.74) is 2.78. The van der Waals surface area contributed by atoms with Crippen LogP contribution in [0.5, 0.6) is 5.75 Å². The lowest BCUT2D eigenvalue weighted by Crippen LogP contribution is -2.31. The zero-order valence-corrected chi connectivity index (χ0v) is 13.5. The molecule has 0 atom stereocenters. The van der Waals surface area contributed by atoms with Gasteiger partial charge in [-0.25, -0.2) is 0 Å². The summed E-state index contributed by atoms with van der Waals surface area (Å²) in [5, 5.41) is 9.01. The molecule has 4 heteroatoms. The molecule has 1 amide bonds. The summed E-state index contributed by atoms with van der Waals surface area (Å²) >= 11 is 0. The molecule has 0 N–H and O–H groups in total. The molecule has 0 unspecified atom stereocenters. The topological polar surface area (TPSA) is 53.3 Å². The zero-order valence-electron chi connectivity index (χ0n) is 13.5. The van der Waals surface area contributed by atoms with Gasteiger partial charge in [-0.3, -0.25) is 4.79 Å². The molecule has 23 heavy (non-hydrogen) atoms. The normalized spacial score (nSPS) is 9.96. The number of nitriles is 1. The fourth-order valence-electron chi connectivity index (χ4n) is 2.18. The number of para-hydroxylation sites is 1. The molecular weight excluding hydrogens is 288 g/mol. The highest BCUT2D eigenvalue weighted by molar-refractivity contribution is 5.77. The number of benzene rings is 2. The van der Waals surface area contributed by atoms with Gasteiger partial charge in [0, 0.05) is 13.6 Å². The maximum absolute atomic E-state index is 12.2. The van der Waals surface area contributed by atoms with E-state index in [2.05, 4.69) is 19.1 Å². The molecule has 2 rings (SSSR count). The number of amides is 1. The van der Waals surface area contributed by atoms with Crippen LogP contribution in [0.25, 0.3) is 0 Å². The van der Waals surface area contributed by atoms with Crippen LogP contribution in [0.1, 0.15) is 23.6 Å². The molecule has 0 spiro atoms. The minimum absolute atomic E-state index is 0.0811. The first-order valence-corrected chi connectivity index (χ1v) is 7.57. The van der Waals surface area contributed by atoms with Crippen molar-refractivity contribution in [2.45, 2.75) is 19.9 Å². The first-order chi connectivity index (χ1) is 11.1. The van der Waals surface area contributed by atoms with Gasteiger partial charge in [0.15, 0.2) is 6.61 Å². The Morgan fingerprint density at radius 3 is 2.43 bits per heavy atom. The summed E-state index contributed by atoms with van der Waals surface area (Å²) in [6, 6.07) is 17.2. The predicted molar refractivity (Wildman–Crippen MR) is 88.9 cm³/mol. The highest BCUT2D eigenvalue weighted by atomic mass is 16.5. The Balaban J connectivity index is 1.91. The second-order valence-electron chi connectivity index (χ2n) is 5.32. The van der Waals surface area contributed by atoms with E-state index in [0.717, 1.165) is 12.0 Å². The van der Waals surface area contributed by atoms with Crippen LogP contribution in [0, 0.1) is 11.3 Å². The van der Waals surface area contributed by atoms with Crippen molar-refractivity contribution in [3.63, 3.8) is 0 Å². The molecule has 0 bridgehead atoms.